The highest BCUT2D eigenvalue weighted by Crippen LogP contribution is 2.40. The molecule has 0 aliphatic carbocycles. The van der Waals surface area contributed by atoms with Crippen molar-refractivity contribution in [3.05, 3.63) is 86.7 Å². The molecular formula is C24H18Cl2N2O5S2. The molecule has 0 unspecified atom stereocenters. The number of anilines is 2. The van der Waals surface area contributed by atoms with Crippen molar-refractivity contribution in [3.8, 4) is 0 Å². The summed E-state index contributed by atoms with van der Waals surface area (Å²) in [6.07, 6.45) is 1.68. The average molecular weight is 549 g/mol. The van der Waals surface area contributed by atoms with E-state index in [-0.39, 0.29) is 33.1 Å². The summed E-state index contributed by atoms with van der Waals surface area (Å²) in [5.41, 5.74) is 2.20. The summed E-state index contributed by atoms with van der Waals surface area (Å²) in [7, 11) is -3.76. The lowest BCUT2D eigenvalue weighted by atomic mass is 10.2. The van der Waals surface area contributed by atoms with E-state index >= 15 is 0 Å². The summed E-state index contributed by atoms with van der Waals surface area (Å²) >= 11 is 13.5. The van der Waals surface area contributed by atoms with Crippen molar-refractivity contribution in [2.45, 2.75) is 15.5 Å². The summed E-state index contributed by atoms with van der Waals surface area (Å²) in [6, 6.07) is 16.2. The Morgan fingerprint density at radius 1 is 1.06 bits per heavy atom. The Labute approximate surface area is 216 Å². The number of rotatable bonds is 7. The van der Waals surface area contributed by atoms with Gasteiger partial charge in [0.1, 0.15) is 6.54 Å². The number of carboxylic acids is 1. The van der Waals surface area contributed by atoms with Gasteiger partial charge >= 0.3 is 5.97 Å². The molecule has 0 aromatic heterocycles. The van der Waals surface area contributed by atoms with Gasteiger partial charge in [-0.1, -0.05) is 53.2 Å². The third-order valence-electron chi connectivity index (χ3n) is 5.05. The Bertz CT molecular complexity index is 1430. The van der Waals surface area contributed by atoms with Crippen LogP contribution in [0.25, 0.3) is 6.08 Å². The molecule has 1 amide bonds. The molecule has 3 aromatic rings. The molecule has 0 saturated heterocycles. The van der Waals surface area contributed by atoms with E-state index in [2.05, 4.69) is 10.6 Å². The molecule has 35 heavy (non-hydrogen) atoms. The highest BCUT2D eigenvalue weighted by Gasteiger charge is 2.25. The fourth-order valence-electron chi connectivity index (χ4n) is 3.30. The van der Waals surface area contributed by atoms with Crippen molar-refractivity contribution >= 4 is 74.1 Å². The van der Waals surface area contributed by atoms with Crippen molar-refractivity contribution in [2.75, 3.05) is 17.2 Å². The van der Waals surface area contributed by atoms with Gasteiger partial charge in [0.05, 0.1) is 21.2 Å². The molecule has 1 aliphatic heterocycles. The number of carbonyl (C=O) groups excluding carboxylic acids is 1. The topological polar surface area (TPSA) is 113 Å². The lowest BCUT2D eigenvalue weighted by molar-refractivity contribution is -0.134. The first-order valence-electron chi connectivity index (χ1n) is 10.2. The molecule has 3 N–H and O–H groups in total. The zero-order valence-electron chi connectivity index (χ0n) is 17.9. The van der Waals surface area contributed by atoms with Crippen LogP contribution in [0.15, 0.2) is 75.4 Å². The normalized spacial score (nSPS) is 14.3. The predicted octanol–water partition coefficient (Wildman–Crippen LogP) is 5.55. The number of carbonyl (C=O) groups is 2. The molecule has 0 atom stereocenters. The summed E-state index contributed by atoms with van der Waals surface area (Å²) in [5, 5.41) is 14.8. The van der Waals surface area contributed by atoms with Gasteiger partial charge in [0.15, 0.2) is 9.84 Å². The maximum Gasteiger partial charge on any atom is 0.322 e. The van der Waals surface area contributed by atoms with Gasteiger partial charge in [0, 0.05) is 26.2 Å². The first-order valence-corrected chi connectivity index (χ1v) is 13.4. The van der Waals surface area contributed by atoms with Crippen LogP contribution in [-0.2, 0) is 25.2 Å². The molecule has 4 rings (SSSR count). The van der Waals surface area contributed by atoms with Crippen LogP contribution in [0.1, 0.15) is 11.1 Å². The Hall–Kier alpha value is -2.98. The molecule has 1 aliphatic rings. The second-order valence-corrected chi connectivity index (χ2v) is 11.4. The number of benzene rings is 3. The van der Waals surface area contributed by atoms with Crippen LogP contribution in [0.3, 0.4) is 0 Å². The third kappa shape index (κ3) is 5.99. The number of aliphatic carboxylic acids is 1. The minimum atomic E-state index is -3.76. The summed E-state index contributed by atoms with van der Waals surface area (Å²) in [4.78, 5) is 24.3. The lowest BCUT2D eigenvalue weighted by Crippen LogP contribution is -2.17. The van der Waals surface area contributed by atoms with Gasteiger partial charge in [-0.3, -0.25) is 9.59 Å². The number of amides is 1. The fourth-order valence-corrected chi connectivity index (χ4v) is 6.48. The molecule has 0 radical (unpaired) electrons. The second-order valence-electron chi connectivity index (χ2n) is 7.55. The van der Waals surface area contributed by atoms with E-state index in [9.17, 15) is 18.0 Å². The SMILES string of the molecule is O=C(O)CNc1ccc(/C=C2\Sc3cc(S(=O)(=O)Cc4c(Cl)cccc4Cl)ccc3NC2=O)cc1. The van der Waals surface area contributed by atoms with E-state index in [1.54, 1.807) is 54.6 Å². The zero-order valence-corrected chi connectivity index (χ0v) is 21.1. The van der Waals surface area contributed by atoms with Crippen LogP contribution >= 0.6 is 35.0 Å². The number of halogens is 2. The minimum Gasteiger partial charge on any atom is -0.480 e. The smallest absolute Gasteiger partial charge is 0.322 e. The van der Waals surface area contributed by atoms with Crippen molar-refractivity contribution in [1.82, 2.24) is 0 Å². The third-order valence-corrected chi connectivity index (χ3v) is 8.48. The Morgan fingerprint density at radius 2 is 1.74 bits per heavy atom. The zero-order chi connectivity index (χ0) is 25.2. The first kappa shape index (κ1) is 25.1. The number of thioether (sulfide) groups is 1. The van der Waals surface area contributed by atoms with Crippen LogP contribution in [-0.4, -0.2) is 31.9 Å². The molecule has 11 heteroatoms. The predicted molar refractivity (Wildman–Crippen MR) is 139 cm³/mol. The Morgan fingerprint density at radius 3 is 2.40 bits per heavy atom. The molecule has 0 bridgehead atoms. The molecule has 7 nitrogen and oxygen atoms in total. The van der Waals surface area contributed by atoms with E-state index in [1.807, 2.05) is 0 Å². The van der Waals surface area contributed by atoms with Crippen LogP contribution < -0.4 is 10.6 Å². The van der Waals surface area contributed by atoms with Gasteiger partial charge in [-0.25, -0.2) is 8.42 Å². The summed E-state index contributed by atoms with van der Waals surface area (Å²) in [6.45, 7) is -0.205. The van der Waals surface area contributed by atoms with Gasteiger partial charge in [-0.2, -0.15) is 0 Å². The van der Waals surface area contributed by atoms with Gasteiger partial charge < -0.3 is 15.7 Å². The monoisotopic (exact) mass is 548 g/mol. The number of hydrogen-bond donors (Lipinski definition) is 3. The maximum absolute atomic E-state index is 13.1. The lowest BCUT2D eigenvalue weighted by Gasteiger charge is -2.19. The van der Waals surface area contributed by atoms with E-state index in [0.29, 0.717) is 26.7 Å². The second kappa shape index (κ2) is 10.3. The van der Waals surface area contributed by atoms with Crippen molar-refractivity contribution in [1.29, 1.82) is 0 Å². The molecule has 0 spiro atoms. The summed E-state index contributed by atoms with van der Waals surface area (Å²) in [5.74, 6) is -1.64. The fraction of sp³-hybridized carbons (Fsp3) is 0.0833. The number of hydrogen-bond acceptors (Lipinski definition) is 6. The van der Waals surface area contributed by atoms with Gasteiger partial charge in [-0.05, 0) is 54.1 Å². The molecular weight excluding hydrogens is 531 g/mol. The van der Waals surface area contributed by atoms with Gasteiger partial charge in [0.2, 0.25) is 0 Å². The maximum atomic E-state index is 13.1. The van der Waals surface area contributed by atoms with Crippen LogP contribution in [0.5, 0.6) is 0 Å². The standard InChI is InChI=1S/C24H18Cl2N2O5S2/c25-18-2-1-3-19(26)17(18)13-35(32,33)16-8-9-20-21(11-16)34-22(24(31)28-20)10-14-4-6-15(7-5-14)27-12-23(29)30/h1-11,27H,12-13H2,(H,28,31)(H,29,30)/b22-10-. The summed E-state index contributed by atoms with van der Waals surface area (Å²) < 4.78 is 26.2. The van der Waals surface area contributed by atoms with E-state index in [1.165, 1.54) is 12.1 Å². The molecule has 1 heterocycles. The quantitative estimate of drug-likeness (QED) is 0.332. The van der Waals surface area contributed by atoms with E-state index in [0.717, 1.165) is 17.3 Å². The van der Waals surface area contributed by atoms with E-state index in [4.69, 9.17) is 28.3 Å². The first-order chi connectivity index (χ1) is 16.6. The number of nitrogens with one attached hydrogen (secondary N) is 2. The van der Waals surface area contributed by atoms with Gasteiger partial charge in [0.25, 0.3) is 5.91 Å². The van der Waals surface area contributed by atoms with Crippen molar-refractivity contribution in [2.24, 2.45) is 0 Å². The Balaban J connectivity index is 1.57. The van der Waals surface area contributed by atoms with Crippen LogP contribution in [0.4, 0.5) is 11.4 Å². The average Bonchev–Trinajstić information content (AvgIpc) is 2.81. The Kier molecular flexibility index (Phi) is 7.42. The largest absolute Gasteiger partial charge is 0.480 e. The molecule has 3 aromatic carbocycles. The molecule has 0 fully saturated rings. The van der Waals surface area contributed by atoms with Crippen LogP contribution in [0, 0.1) is 0 Å². The highest BCUT2D eigenvalue weighted by atomic mass is 35.5. The van der Waals surface area contributed by atoms with Gasteiger partial charge in [-0.15, -0.1) is 0 Å². The van der Waals surface area contributed by atoms with E-state index < -0.39 is 15.8 Å². The molecule has 0 saturated carbocycles. The highest BCUT2D eigenvalue weighted by molar-refractivity contribution is 8.04. The number of sulfone groups is 1. The number of fused-ring (bicyclic) bond motifs is 1. The van der Waals surface area contributed by atoms with Crippen LogP contribution in [0.2, 0.25) is 10.0 Å². The minimum absolute atomic E-state index is 0.0871. The number of carboxylic acid groups (broad SMARTS) is 1. The van der Waals surface area contributed by atoms with Crippen molar-refractivity contribution < 1.29 is 23.1 Å². The van der Waals surface area contributed by atoms with Crippen molar-refractivity contribution in [3.63, 3.8) is 0 Å². The molecule has 180 valence electrons.